The average molecular weight is 388 g/mol. The van der Waals surface area contributed by atoms with E-state index in [2.05, 4.69) is 39.8 Å². The summed E-state index contributed by atoms with van der Waals surface area (Å²) in [6.45, 7) is 6.16. The van der Waals surface area contributed by atoms with Crippen molar-refractivity contribution in [1.82, 2.24) is 15.5 Å². The van der Waals surface area contributed by atoms with E-state index in [1.807, 2.05) is 13.8 Å². The second-order valence-corrected chi connectivity index (χ2v) is 8.86. The van der Waals surface area contributed by atoms with Gasteiger partial charge >= 0.3 is 0 Å². The monoisotopic (exact) mass is 387 g/mol. The highest BCUT2D eigenvalue weighted by atomic mass is 16.3. The summed E-state index contributed by atoms with van der Waals surface area (Å²) in [6.07, 6.45) is 3.75. The minimum Gasteiger partial charge on any atom is -0.396 e. The summed E-state index contributed by atoms with van der Waals surface area (Å²) in [7, 11) is 0. The van der Waals surface area contributed by atoms with Crippen LogP contribution in [0.25, 0.3) is 0 Å². The minimum atomic E-state index is -0.401. The third-order valence-electron chi connectivity index (χ3n) is 6.03. The fourth-order valence-electron chi connectivity index (χ4n) is 4.27. The van der Waals surface area contributed by atoms with E-state index in [-0.39, 0.29) is 36.3 Å². The minimum absolute atomic E-state index is 0.0428. The number of hydrogen-bond donors (Lipinski definition) is 3. The molecule has 2 aliphatic rings. The van der Waals surface area contributed by atoms with Crippen molar-refractivity contribution in [2.24, 2.45) is 5.41 Å². The Bertz CT molecular complexity index is 679. The number of carbonyl (C=O) groups is 2. The molecule has 154 valence electrons. The molecule has 28 heavy (non-hydrogen) atoms. The average Bonchev–Trinajstić information content (AvgIpc) is 3.11. The number of nitrogens with one attached hydrogen (secondary N) is 2. The Hall–Kier alpha value is -1.92. The maximum Gasteiger partial charge on any atom is 0.237 e. The van der Waals surface area contributed by atoms with Gasteiger partial charge in [0.25, 0.3) is 0 Å². The van der Waals surface area contributed by atoms with Crippen LogP contribution in [-0.4, -0.2) is 60.1 Å². The van der Waals surface area contributed by atoms with Crippen LogP contribution < -0.4 is 10.6 Å². The third kappa shape index (κ3) is 5.11. The van der Waals surface area contributed by atoms with Gasteiger partial charge < -0.3 is 15.7 Å². The predicted molar refractivity (Wildman–Crippen MR) is 109 cm³/mol. The topological polar surface area (TPSA) is 81.7 Å². The molecule has 2 amide bonds. The van der Waals surface area contributed by atoms with Crippen LogP contribution in [-0.2, 0) is 22.4 Å². The summed E-state index contributed by atoms with van der Waals surface area (Å²) in [5.74, 6) is -0.122. The van der Waals surface area contributed by atoms with Crippen LogP contribution in [0.3, 0.4) is 0 Å². The molecule has 6 nitrogen and oxygen atoms in total. The van der Waals surface area contributed by atoms with Crippen molar-refractivity contribution < 1.29 is 14.7 Å². The van der Waals surface area contributed by atoms with Gasteiger partial charge in [-0.1, -0.05) is 38.1 Å². The number of nitrogens with zero attached hydrogens (tertiary/aromatic N) is 1. The van der Waals surface area contributed by atoms with E-state index in [0.717, 1.165) is 32.2 Å². The maximum atomic E-state index is 12.5. The molecular formula is C22H33N3O3. The molecule has 6 heteroatoms. The van der Waals surface area contributed by atoms with Crippen molar-refractivity contribution >= 4 is 11.8 Å². The van der Waals surface area contributed by atoms with E-state index < -0.39 is 6.04 Å². The zero-order valence-electron chi connectivity index (χ0n) is 17.0. The van der Waals surface area contributed by atoms with Gasteiger partial charge in [-0.3, -0.25) is 14.5 Å². The van der Waals surface area contributed by atoms with Crippen LogP contribution >= 0.6 is 0 Å². The summed E-state index contributed by atoms with van der Waals surface area (Å²) >= 11 is 0. The Morgan fingerprint density at radius 2 is 1.96 bits per heavy atom. The van der Waals surface area contributed by atoms with Gasteiger partial charge in [0, 0.05) is 32.3 Å². The molecule has 1 saturated heterocycles. The fraction of sp³-hybridized carbons (Fsp3) is 0.636. The number of carbonyl (C=O) groups excluding carboxylic acids is 2. The standard InChI is InChI=1S/C22H33N3O3/c1-22(2,15-26)8-5-9-23-20(27)14-19-21(28)24-10-11-25(19)18-12-16-6-3-4-7-17(16)13-18/h3-4,6-7,18-19,26H,5,8-15H2,1-2H3,(H,23,27)(H,24,28)/t19-/m1/s1. The van der Waals surface area contributed by atoms with E-state index in [0.29, 0.717) is 13.1 Å². The van der Waals surface area contributed by atoms with E-state index in [9.17, 15) is 14.7 Å². The van der Waals surface area contributed by atoms with Crippen LogP contribution in [0.4, 0.5) is 0 Å². The molecule has 1 atom stereocenters. The zero-order chi connectivity index (χ0) is 20.1. The van der Waals surface area contributed by atoms with Gasteiger partial charge in [-0.15, -0.1) is 0 Å². The van der Waals surface area contributed by atoms with Crippen molar-refractivity contribution in [3.05, 3.63) is 35.4 Å². The molecule has 1 fully saturated rings. The third-order valence-corrected chi connectivity index (χ3v) is 6.03. The molecule has 1 aliphatic carbocycles. The highest BCUT2D eigenvalue weighted by molar-refractivity contribution is 5.88. The molecule has 0 saturated carbocycles. The highest BCUT2D eigenvalue weighted by Gasteiger charge is 2.38. The number of hydrogen-bond acceptors (Lipinski definition) is 4. The van der Waals surface area contributed by atoms with Gasteiger partial charge in [-0.05, 0) is 42.2 Å². The van der Waals surface area contributed by atoms with Crippen molar-refractivity contribution in [3.8, 4) is 0 Å². The number of rotatable bonds is 8. The first-order chi connectivity index (χ1) is 13.4. The molecule has 0 radical (unpaired) electrons. The number of aliphatic hydroxyl groups excluding tert-OH is 1. The lowest BCUT2D eigenvalue weighted by atomic mass is 9.89. The first-order valence-corrected chi connectivity index (χ1v) is 10.4. The fourth-order valence-corrected chi connectivity index (χ4v) is 4.27. The van der Waals surface area contributed by atoms with Gasteiger partial charge in [0.15, 0.2) is 0 Å². The molecule has 3 N–H and O–H groups in total. The number of aliphatic hydroxyl groups is 1. The Morgan fingerprint density at radius 3 is 2.61 bits per heavy atom. The smallest absolute Gasteiger partial charge is 0.237 e. The Balaban J connectivity index is 1.53. The number of fused-ring (bicyclic) bond motifs is 1. The summed E-state index contributed by atoms with van der Waals surface area (Å²) in [6, 6.07) is 8.33. The lowest BCUT2D eigenvalue weighted by Crippen LogP contribution is -2.59. The Labute approximate surface area is 167 Å². The van der Waals surface area contributed by atoms with Gasteiger partial charge in [-0.25, -0.2) is 0 Å². The number of piperazine rings is 1. The molecule has 1 aliphatic heterocycles. The first-order valence-electron chi connectivity index (χ1n) is 10.4. The molecule has 0 aromatic heterocycles. The normalized spacial score (nSPS) is 20.7. The second kappa shape index (κ2) is 9.05. The van der Waals surface area contributed by atoms with Crippen LogP contribution in [0.15, 0.2) is 24.3 Å². The molecule has 0 bridgehead atoms. The largest absolute Gasteiger partial charge is 0.396 e. The van der Waals surface area contributed by atoms with E-state index in [4.69, 9.17) is 0 Å². The van der Waals surface area contributed by atoms with E-state index >= 15 is 0 Å². The van der Waals surface area contributed by atoms with Crippen molar-refractivity contribution in [2.45, 2.75) is 58.0 Å². The van der Waals surface area contributed by atoms with Crippen molar-refractivity contribution in [2.75, 3.05) is 26.2 Å². The lowest BCUT2D eigenvalue weighted by Gasteiger charge is -2.38. The van der Waals surface area contributed by atoms with Crippen LogP contribution in [0.2, 0.25) is 0 Å². The Kier molecular flexibility index (Phi) is 6.73. The molecule has 0 spiro atoms. The SMILES string of the molecule is CC(C)(CO)CCCNC(=O)C[C@@H]1C(=O)NCCN1C1Cc2ccccc2C1. The summed E-state index contributed by atoms with van der Waals surface area (Å²) in [4.78, 5) is 27.2. The predicted octanol–water partition coefficient (Wildman–Crippen LogP) is 1.26. The van der Waals surface area contributed by atoms with Crippen molar-refractivity contribution in [1.29, 1.82) is 0 Å². The molecule has 1 aromatic rings. The van der Waals surface area contributed by atoms with Crippen molar-refractivity contribution in [3.63, 3.8) is 0 Å². The van der Waals surface area contributed by atoms with Crippen LogP contribution in [0, 0.1) is 5.41 Å². The zero-order valence-corrected chi connectivity index (χ0v) is 17.0. The summed E-state index contributed by atoms with van der Waals surface area (Å²) < 4.78 is 0. The van der Waals surface area contributed by atoms with Gasteiger partial charge in [0.1, 0.15) is 0 Å². The number of amides is 2. The highest BCUT2D eigenvalue weighted by Crippen LogP contribution is 2.28. The van der Waals surface area contributed by atoms with Gasteiger partial charge in [0.05, 0.1) is 12.5 Å². The number of benzene rings is 1. The molecule has 3 rings (SSSR count). The second-order valence-electron chi connectivity index (χ2n) is 8.86. The lowest BCUT2D eigenvalue weighted by molar-refractivity contribution is -0.135. The molecule has 1 aromatic carbocycles. The summed E-state index contributed by atoms with van der Waals surface area (Å²) in [5, 5.41) is 15.2. The Morgan fingerprint density at radius 1 is 1.29 bits per heavy atom. The van der Waals surface area contributed by atoms with E-state index in [1.54, 1.807) is 0 Å². The summed E-state index contributed by atoms with van der Waals surface area (Å²) in [5.41, 5.74) is 2.59. The van der Waals surface area contributed by atoms with Crippen LogP contribution in [0.1, 0.15) is 44.2 Å². The van der Waals surface area contributed by atoms with Gasteiger partial charge in [0.2, 0.25) is 11.8 Å². The van der Waals surface area contributed by atoms with Gasteiger partial charge in [-0.2, -0.15) is 0 Å². The van der Waals surface area contributed by atoms with E-state index in [1.165, 1.54) is 11.1 Å². The maximum absolute atomic E-state index is 12.5. The molecule has 0 unspecified atom stereocenters. The first kappa shape index (κ1) is 20.8. The van der Waals surface area contributed by atoms with Crippen LogP contribution in [0.5, 0.6) is 0 Å². The quantitative estimate of drug-likeness (QED) is 0.587. The molecular weight excluding hydrogens is 354 g/mol. The molecule has 1 heterocycles.